The van der Waals surface area contributed by atoms with Gasteiger partial charge in [0.15, 0.2) is 0 Å². The van der Waals surface area contributed by atoms with Crippen LogP contribution in [0.3, 0.4) is 0 Å². The highest BCUT2D eigenvalue weighted by atomic mass is 16.5. The Morgan fingerprint density at radius 3 is 2.34 bits per heavy atom. The fourth-order valence-electron chi connectivity index (χ4n) is 3.81. The fourth-order valence-corrected chi connectivity index (χ4v) is 3.81. The fraction of sp³-hybridized carbons (Fsp3) is 0.435. The molecule has 1 aliphatic heterocycles. The third-order valence-corrected chi connectivity index (χ3v) is 5.79. The van der Waals surface area contributed by atoms with Gasteiger partial charge >= 0.3 is 0 Å². The molecule has 1 saturated heterocycles. The Morgan fingerprint density at radius 1 is 0.931 bits per heavy atom. The van der Waals surface area contributed by atoms with Crippen molar-refractivity contribution in [2.45, 2.75) is 40.3 Å². The van der Waals surface area contributed by atoms with Gasteiger partial charge < -0.3 is 4.52 Å². The molecule has 0 unspecified atom stereocenters. The second-order valence-electron chi connectivity index (χ2n) is 8.01. The maximum absolute atomic E-state index is 5.59. The second-order valence-corrected chi connectivity index (χ2v) is 8.01. The number of hydrogen-bond acceptors (Lipinski definition) is 6. The summed E-state index contributed by atoms with van der Waals surface area (Å²) in [5, 5.41) is 4.19. The minimum Gasteiger partial charge on any atom is -0.337 e. The normalized spacial score (nSPS) is 16.8. The van der Waals surface area contributed by atoms with Gasteiger partial charge in [0, 0.05) is 49.7 Å². The molecule has 1 fully saturated rings. The molecule has 0 radical (unpaired) electrons. The highest BCUT2D eigenvalue weighted by molar-refractivity contribution is 5.54. The summed E-state index contributed by atoms with van der Waals surface area (Å²) >= 11 is 0. The molecule has 2 aromatic heterocycles. The average Bonchev–Trinajstić information content (AvgIpc) is 3.21. The number of aryl methyl sites for hydroxylation is 3. The lowest BCUT2D eigenvalue weighted by Gasteiger charge is -2.36. The predicted molar refractivity (Wildman–Crippen MR) is 113 cm³/mol. The van der Waals surface area contributed by atoms with Crippen molar-refractivity contribution in [3.8, 4) is 11.4 Å². The number of rotatable bonds is 5. The highest BCUT2D eigenvalue weighted by Crippen LogP contribution is 2.24. The van der Waals surface area contributed by atoms with E-state index in [1.54, 1.807) is 0 Å². The van der Waals surface area contributed by atoms with Crippen LogP contribution in [0, 0.1) is 20.8 Å². The number of nitrogens with zero attached hydrogens (tertiary/aromatic N) is 5. The summed E-state index contributed by atoms with van der Waals surface area (Å²) in [4.78, 5) is 14.2. The Hall–Kier alpha value is -2.57. The highest BCUT2D eigenvalue weighted by Gasteiger charge is 2.26. The number of aromatic nitrogens is 3. The summed E-state index contributed by atoms with van der Waals surface area (Å²) in [5.41, 5.74) is 5.74. The average molecular weight is 392 g/mol. The summed E-state index contributed by atoms with van der Waals surface area (Å²) in [6, 6.07) is 12.6. The molecule has 0 bridgehead atoms. The Morgan fingerprint density at radius 2 is 1.66 bits per heavy atom. The van der Waals surface area contributed by atoms with Crippen molar-refractivity contribution in [2.24, 2.45) is 0 Å². The van der Waals surface area contributed by atoms with Crippen LogP contribution >= 0.6 is 0 Å². The van der Waals surface area contributed by atoms with E-state index < -0.39 is 0 Å². The number of pyridine rings is 1. The zero-order valence-corrected chi connectivity index (χ0v) is 17.7. The van der Waals surface area contributed by atoms with E-state index in [1.807, 2.05) is 19.1 Å². The quantitative estimate of drug-likeness (QED) is 0.657. The molecule has 0 amide bonds. The van der Waals surface area contributed by atoms with Crippen LogP contribution in [0.4, 0.5) is 0 Å². The largest absolute Gasteiger partial charge is 0.337 e. The third kappa shape index (κ3) is 4.54. The zero-order chi connectivity index (χ0) is 20.4. The van der Waals surface area contributed by atoms with Crippen molar-refractivity contribution in [3.63, 3.8) is 0 Å². The predicted octanol–water partition coefficient (Wildman–Crippen LogP) is 3.94. The van der Waals surface area contributed by atoms with E-state index in [1.165, 1.54) is 11.1 Å². The summed E-state index contributed by atoms with van der Waals surface area (Å²) in [6.45, 7) is 13.3. The van der Waals surface area contributed by atoms with Gasteiger partial charge in [-0.3, -0.25) is 14.8 Å². The summed E-state index contributed by atoms with van der Waals surface area (Å²) < 4.78 is 5.59. The summed E-state index contributed by atoms with van der Waals surface area (Å²) in [5.74, 6) is 1.35. The minimum absolute atomic E-state index is 0.117. The third-order valence-electron chi connectivity index (χ3n) is 5.79. The van der Waals surface area contributed by atoms with Crippen molar-refractivity contribution < 1.29 is 4.52 Å². The maximum Gasteiger partial charge on any atom is 0.244 e. The van der Waals surface area contributed by atoms with Crippen LogP contribution in [0.25, 0.3) is 11.4 Å². The molecule has 6 nitrogen and oxygen atoms in total. The Labute approximate surface area is 172 Å². The topological polar surface area (TPSA) is 58.3 Å². The van der Waals surface area contributed by atoms with Gasteiger partial charge in [-0.05, 0) is 39.3 Å². The first kappa shape index (κ1) is 19.7. The smallest absolute Gasteiger partial charge is 0.244 e. The van der Waals surface area contributed by atoms with Gasteiger partial charge in [0.2, 0.25) is 11.7 Å². The second kappa shape index (κ2) is 8.43. The van der Waals surface area contributed by atoms with E-state index in [-0.39, 0.29) is 6.04 Å². The van der Waals surface area contributed by atoms with Crippen LogP contribution < -0.4 is 0 Å². The molecule has 152 valence electrons. The summed E-state index contributed by atoms with van der Waals surface area (Å²) in [6.07, 6.45) is 0. The van der Waals surface area contributed by atoms with Gasteiger partial charge in [-0.15, -0.1) is 0 Å². The molecular formula is C23H29N5O. The van der Waals surface area contributed by atoms with Crippen LogP contribution in [0.2, 0.25) is 0 Å². The molecule has 6 heteroatoms. The number of hydrogen-bond donors (Lipinski definition) is 0. The van der Waals surface area contributed by atoms with E-state index in [2.05, 4.69) is 70.0 Å². The standard InChI is InChI=1S/C23H29N5O/c1-16-5-8-20(9-6-16)22-25-23(29-26-22)19(4)28-13-11-27(12-14-28)15-21-10-7-17(2)24-18(21)3/h5-10,19H,11-15H2,1-4H3/t19-/m1/s1. The minimum atomic E-state index is 0.117. The van der Waals surface area contributed by atoms with E-state index >= 15 is 0 Å². The van der Waals surface area contributed by atoms with Gasteiger partial charge in [-0.25, -0.2) is 0 Å². The molecule has 29 heavy (non-hydrogen) atoms. The number of benzene rings is 1. The molecule has 0 spiro atoms. The SMILES string of the molecule is Cc1ccc(-c2noc([C@@H](C)N3CCN(Cc4ccc(C)nc4C)CC3)n2)cc1. The van der Waals surface area contributed by atoms with E-state index in [0.29, 0.717) is 11.7 Å². The molecule has 1 atom stereocenters. The van der Waals surface area contributed by atoms with E-state index in [4.69, 9.17) is 4.52 Å². The van der Waals surface area contributed by atoms with Crippen molar-refractivity contribution in [3.05, 3.63) is 64.8 Å². The first-order chi connectivity index (χ1) is 14.0. The van der Waals surface area contributed by atoms with Gasteiger partial charge in [0.1, 0.15) is 0 Å². The molecule has 0 aliphatic carbocycles. The van der Waals surface area contributed by atoms with Crippen molar-refractivity contribution in [1.29, 1.82) is 0 Å². The molecule has 3 aromatic rings. The van der Waals surface area contributed by atoms with Gasteiger partial charge in [0.05, 0.1) is 6.04 Å². The molecule has 1 aromatic carbocycles. The van der Waals surface area contributed by atoms with Crippen LogP contribution in [0.5, 0.6) is 0 Å². The first-order valence-corrected chi connectivity index (χ1v) is 10.3. The van der Waals surface area contributed by atoms with Crippen LogP contribution in [-0.4, -0.2) is 51.1 Å². The Kier molecular flexibility index (Phi) is 5.74. The number of piperazine rings is 1. The van der Waals surface area contributed by atoms with Gasteiger partial charge in [-0.1, -0.05) is 41.1 Å². The molecule has 3 heterocycles. The lowest BCUT2D eigenvalue weighted by atomic mass is 10.1. The molecule has 1 aliphatic rings. The van der Waals surface area contributed by atoms with Crippen LogP contribution in [0.15, 0.2) is 40.9 Å². The van der Waals surface area contributed by atoms with E-state index in [9.17, 15) is 0 Å². The first-order valence-electron chi connectivity index (χ1n) is 10.3. The Bertz CT molecular complexity index is 958. The lowest BCUT2D eigenvalue weighted by molar-refractivity contribution is 0.0844. The van der Waals surface area contributed by atoms with E-state index in [0.717, 1.165) is 49.7 Å². The van der Waals surface area contributed by atoms with Crippen molar-refractivity contribution in [2.75, 3.05) is 26.2 Å². The molecular weight excluding hydrogens is 362 g/mol. The molecule has 0 N–H and O–H groups in total. The molecule has 4 rings (SSSR count). The molecule has 0 saturated carbocycles. The van der Waals surface area contributed by atoms with Crippen LogP contribution in [-0.2, 0) is 6.54 Å². The monoisotopic (exact) mass is 391 g/mol. The zero-order valence-electron chi connectivity index (χ0n) is 17.7. The van der Waals surface area contributed by atoms with Gasteiger partial charge in [0.25, 0.3) is 0 Å². The van der Waals surface area contributed by atoms with Crippen molar-refractivity contribution in [1.82, 2.24) is 24.9 Å². The van der Waals surface area contributed by atoms with Gasteiger partial charge in [-0.2, -0.15) is 4.98 Å². The maximum atomic E-state index is 5.59. The van der Waals surface area contributed by atoms with Crippen LogP contribution in [0.1, 0.15) is 41.4 Å². The Balaban J connectivity index is 1.35. The lowest BCUT2D eigenvalue weighted by Crippen LogP contribution is -2.46. The summed E-state index contributed by atoms with van der Waals surface area (Å²) in [7, 11) is 0. The van der Waals surface area contributed by atoms with Crippen molar-refractivity contribution >= 4 is 0 Å².